The molecule has 0 radical (unpaired) electrons. The molecule has 8 nitrogen and oxygen atoms in total. The minimum Gasteiger partial charge on any atom is -0.490 e. The van der Waals surface area contributed by atoms with E-state index in [0.717, 1.165) is 0 Å². The highest BCUT2D eigenvalue weighted by molar-refractivity contribution is 9.10. The highest BCUT2D eigenvalue weighted by Gasteiger charge is 2.31. The van der Waals surface area contributed by atoms with Crippen molar-refractivity contribution >= 4 is 56.6 Å². The Balaban J connectivity index is 1.69. The van der Waals surface area contributed by atoms with E-state index in [1.807, 2.05) is 0 Å². The number of esters is 1. The number of carbonyl (C=O) groups excluding carboxylic acids is 2. The smallest absolute Gasteiger partial charge is 0.379 e. The molecular weight excluding hydrogens is 474 g/mol. The molecule has 152 valence electrons. The first-order chi connectivity index (χ1) is 14.5. The van der Waals surface area contributed by atoms with Gasteiger partial charge in [-0.05, 0) is 64.2 Å². The number of amides is 1. The molecule has 1 aromatic carbocycles. The third-order valence-electron chi connectivity index (χ3n) is 4.07. The lowest BCUT2D eigenvalue weighted by atomic mass is 10.1. The predicted molar refractivity (Wildman–Crippen MR) is 116 cm³/mol. The van der Waals surface area contributed by atoms with E-state index in [-0.39, 0.29) is 22.9 Å². The molecule has 2 aliphatic rings. The van der Waals surface area contributed by atoms with Gasteiger partial charge in [-0.2, -0.15) is 4.99 Å². The number of hydrogen-bond donors (Lipinski definition) is 1. The number of furan rings is 1. The molecule has 1 N–H and O–H groups in total. The number of aliphatic imine (C=N–C) groups is 1. The van der Waals surface area contributed by atoms with E-state index in [9.17, 15) is 9.59 Å². The van der Waals surface area contributed by atoms with E-state index in [4.69, 9.17) is 19.3 Å². The molecule has 0 spiro atoms. The van der Waals surface area contributed by atoms with E-state index in [2.05, 4.69) is 20.9 Å². The van der Waals surface area contributed by atoms with Crippen molar-refractivity contribution in [1.82, 2.24) is 4.90 Å². The Hall–Kier alpha value is -3.11. The van der Waals surface area contributed by atoms with E-state index in [0.29, 0.717) is 27.6 Å². The van der Waals surface area contributed by atoms with Crippen LogP contribution in [-0.2, 0) is 4.79 Å². The van der Waals surface area contributed by atoms with Crippen LogP contribution in [0.1, 0.15) is 23.0 Å². The van der Waals surface area contributed by atoms with Crippen LogP contribution in [0.5, 0.6) is 11.5 Å². The standard InChI is InChI=1S/C20H14BrN3O5S/c1-2-27-15-10-11(8-12-17(22)24-5-7-30-20(24)23-18(12)25)9-13(21)16(15)29-19(26)14-4-3-6-28-14/h3-10,22H,2H2,1H3. The van der Waals surface area contributed by atoms with Gasteiger partial charge in [-0.1, -0.05) is 11.8 Å². The number of nitrogens with zero attached hydrogens (tertiary/aromatic N) is 2. The van der Waals surface area contributed by atoms with Gasteiger partial charge in [0, 0.05) is 6.20 Å². The fourth-order valence-electron chi connectivity index (χ4n) is 2.77. The second-order valence-electron chi connectivity index (χ2n) is 6.01. The zero-order chi connectivity index (χ0) is 21.3. The zero-order valence-electron chi connectivity index (χ0n) is 15.5. The number of thioether (sulfide) groups is 1. The predicted octanol–water partition coefficient (Wildman–Crippen LogP) is 4.44. The first-order valence-electron chi connectivity index (χ1n) is 8.76. The highest BCUT2D eigenvalue weighted by Crippen LogP contribution is 2.38. The van der Waals surface area contributed by atoms with E-state index in [1.165, 1.54) is 29.0 Å². The van der Waals surface area contributed by atoms with Gasteiger partial charge in [0.1, 0.15) is 5.84 Å². The third kappa shape index (κ3) is 3.83. The van der Waals surface area contributed by atoms with Crippen LogP contribution in [0.15, 0.2) is 61.6 Å². The molecule has 1 amide bonds. The zero-order valence-corrected chi connectivity index (χ0v) is 18.0. The number of hydrogen-bond acceptors (Lipinski definition) is 7. The molecule has 3 heterocycles. The fraction of sp³-hybridized carbons (Fsp3) is 0.100. The maximum atomic E-state index is 12.4. The maximum Gasteiger partial charge on any atom is 0.379 e. The summed E-state index contributed by atoms with van der Waals surface area (Å²) in [4.78, 5) is 30.2. The van der Waals surface area contributed by atoms with Gasteiger partial charge in [-0.15, -0.1) is 0 Å². The molecule has 0 fully saturated rings. The summed E-state index contributed by atoms with van der Waals surface area (Å²) in [5.74, 6) is -0.587. The maximum absolute atomic E-state index is 12.4. The van der Waals surface area contributed by atoms with Crippen molar-refractivity contribution in [2.24, 2.45) is 4.99 Å². The molecule has 2 aromatic rings. The van der Waals surface area contributed by atoms with E-state index >= 15 is 0 Å². The Bertz CT molecular complexity index is 1140. The summed E-state index contributed by atoms with van der Waals surface area (Å²) in [5, 5.41) is 10.5. The minimum atomic E-state index is -0.669. The van der Waals surface area contributed by atoms with Crippen LogP contribution in [0.25, 0.3) is 6.08 Å². The summed E-state index contributed by atoms with van der Waals surface area (Å²) in [6, 6.07) is 6.37. The number of rotatable bonds is 5. The molecule has 0 unspecified atom stereocenters. The minimum absolute atomic E-state index is 0.0358. The lowest BCUT2D eigenvalue weighted by Crippen LogP contribution is -2.35. The van der Waals surface area contributed by atoms with Gasteiger partial charge in [0.15, 0.2) is 16.7 Å². The van der Waals surface area contributed by atoms with Crippen LogP contribution in [0.3, 0.4) is 0 Å². The average molecular weight is 488 g/mol. The Morgan fingerprint density at radius 1 is 1.43 bits per heavy atom. The molecule has 10 heteroatoms. The van der Waals surface area contributed by atoms with Gasteiger partial charge in [0.05, 0.1) is 22.9 Å². The number of benzene rings is 1. The summed E-state index contributed by atoms with van der Waals surface area (Å²) in [7, 11) is 0. The molecule has 0 aliphatic carbocycles. The fourth-order valence-corrected chi connectivity index (χ4v) is 4.02. The van der Waals surface area contributed by atoms with Crippen molar-refractivity contribution < 1.29 is 23.5 Å². The van der Waals surface area contributed by atoms with Gasteiger partial charge < -0.3 is 13.9 Å². The number of amidine groups is 2. The number of fused-ring (bicyclic) bond motifs is 1. The SMILES string of the molecule is CCOc1cc(C=C2C(=N)N3C=CSC3=NC2=O)cc(Br)c1OC(=O)c1ccco1. The molecule has 0 atom stereocenters. The van der Waals surface area contributed by atoms with Crippen molar-refractivity contribution in [1.29, 1.82) is 5.41 Å². The van der Waals surface area contributed by atoms with Crippen molar-refractivity contribution in [3.8, 4) is 11.5 Å². The first kappa shape index (κ1) is 20.2. The van der Waals surface area contributed by atoms with Crippen LogP contribution in [0.4, 0.5) is 0 Å². The molecule has 30 heavy (non-hydrogen) atoms. The summed E-state index contributed by atoms with van der Waals surface area (Å²) in [5.41, 5.74) is 0.714. The lowest BCUT2D eigenvalue weighted by molar-refractivity contribution is -0.114. The van der Waals surface area contributed by atoms with Crippen molar-refractivity contribution in [3.63, 3.8) is 0 Å². The van der Waals surface area contributed by atoms with Gasteiger partial charge in [0.25, 0.3) is 5.91 Å². The molecule has 0 bridgehead atoms. The summed E-state index contributed by atoms with van der Waals surface area (Å²) in [6.07, 6.45) is 4.61. The number of carbonyl (C=O) groups is 2. The monoisotopic (exact) mass is 487 g/mol. The van der Waals surface area contributed by atoms with E-state index < -0.39 is 11.9 Å². The van der Waals surface area contributed by atoms with Crippen molar-refractivity contribution in [3.05, 3.63) is 63.5 Å². The molecule has 1 aromatic heterocycles. The Kier molecular flexibility index (Phi) is 5.60. The lowest BCUT2D eigenvalue weighted by Gasteiger charge is -2.22. The number of halogens is 1. The van der Waals surface area contributed by atoms with Crippen LogP contribution < -0.4 is 9.47 Å². The van der Waals surface area contributed by atoms with Gasteiger partial charge in [-0.3, -0.25) is 15.1 Å². The van der Waals surface area contributed by atoms with Crippen LogP contribution in [0.2, 0.25) is 0 Å². The normalized spacial score (nSPS) is 16.7. The second kappa shape index (κ2) is 8.33. The van der Waals surface area contributed by atoms with Crippen molar-refractivity contribution in [2.45, 2.75) is 6.92 Å². The van der Waals surface area contributed by atoms with Gasteiger partial charge >= 0.3 is 5.97 Å². The summed E-state index contributed by atoms with van der Waals surface area (Å²) in [6.45, 7) is 2.13. The number of nitrogens with one attached hydrogen (secondary N) is 1. The quantitative estimate of drug-likeness (QED) is 0.377. The third-order valence-corrected chi connectivity index (χ3v) is 5.42. The largest absolute Gasteiger partial charge is 0.490 e. The average Bonchev–Trinajstić information content (AvgIpc) is 3.40. The van der Waals surface area contributed by atoms with E-state index in [1.54, 1.807) is 42.8 Å². The molecule has 2 aliphatic heterocycles. The summed E-state index contributed by atoms with van der Waals surface area (Å²) < 4.78 is 16.6. The molecule has 0 saturated carbocycles. The first-order valence-corrected chi connectivity index (χ1v) is 10.4. The second-order valence-corrected chi connectivity index (χ2v) is 7.74. The number of ether oxygens (including phenoxy) is 2. The molecular formula is C20H14BrN3O5S. The molecule has 0 saturated heterocycles. The van der Waals surface area contributed by atoms with Crippen LogP contribution >= 0.6 is 27.7 Å². The highest BCUT2D eigenvalue weighted by atomic mass is 79.9. The van der Waals surface area contributed by atoms with Gasteiger partial charge in [-0.25, -0.2) is 4.79 Å². The summed E-state index contributed by atoms with van der Waals surface area (Å²) >= 11 is 4.67. The Morgan fingerprint density at radius 2 is 2.27 bits per heavy atom. The van der Waals surface area contributed by atoms with Crippen LogP contribution in [-0.4, -0.2) is 34.4 Å². The molecule has 4 rings (SSSR count). The Morgan fingerprint density at radius 3 is 3.00 bits per heavy atom. The van der Waals surface area contributed by atoms with Crippen molar-refractivity contribution in [2.75, 3.05) is 6.61 Å². The van der Waals surface area contributed by atoms with Gasteiger partial charge in [0.2, 0.25) is 5.76 Å². The topological polar surface area (TPSA) is 105 Å². The Labute approximate surface area is 183 Å². The van der Waals surface area contributed by atoms with Crippen LogP contribution in [0, 0.1) is 5.41 Å².